The molecule has 0 amide bonds. The standard InChI is InChI=1S/C23H17.Bi/c1-2-22(20-14-8-4-9-15-20)23(21-16-10-5-11-17-21)18-19-12-6-3-7-13-19;/h1-17H;. The predicted octanol–water partition coefficient (Wildman–Crippen LogP) is 5.05. The molecule has 114 valence electrons. The zero-order chi connectivity index (χ0) is 16.2. The van der Waals surface area contributed by atoms with Gasteiger partial charge in [0, 0.05) is 0 Å². The van der Waals surface area contributed by atoms with Gasteiger partial charge in [0.15, 0.2) is 0 Å². The number of hydrogen-bond donors (Lipinski definition) is 0. The maximum atomic E-state index is 2.46. The van der Waals surface area contributed by atoms with Crippen LogP contribution in [0.4, 0.5) is 0 Å². The molecule has 0 saturated carbocycles. The summed E-state index contributed by atoms with van der Waals surface area (Å²) < 4.78 is 4.03. The van der Waals surface area contributed by atoms with Crippen LogP contribution in [0.5, 0.6) is 0 Å². The Kier molecular flexibility index (Phi) is 4.63. The Hall–Kier alpha value is -2.11. The fourth-order valence-corrected chi connectivity index (χ4v) is 7.11. The number of benzene rings is 3. The predicted molar refractivity (Wildman–Crippen MR) is 105 cm³/mol. The molecular formula is C23H17Bi. The van der Waals surface area contributed by atoms with E-state index in [1.54, 1.807) is 3.21 Å². The third-order valence-corrected chi connectivity index (χ3v) is 8.18. The number of hydrogen-bond acceptors (Lipinski definition) is 0. The van der Waals surface area contributed by atoms with E-state index >= 15 is 0 Å². The summed E-state index contributed by atoms with van der Waals surface area (Å²) in [6, 6.07) is 32.5. The van der Waals surface area contributed by atoms with Gasteiger partial charge in [-0.05, 0) is 0 Å². The minimum absolute atomic E-state index is 0.842. The van der Waals surface area contributed by atoms with Crippen LogP contribution in [0.2, 0.25) is 0 Å². The fourth-order valence-electron chi connectivity index (χ4n) is 3.03. The molecule has 0 nitrogen and oxygen atoms in total. The van der Waals surface area contributed by atoms with Crippen LogP contribution in [-0.2, 0) is 0 Å². The SMILES string of the molecule is [CH]1=CC(c2ccccc2)=C(c2ccccc2)[C](c2ccccc2)=[Bi]1. The van der Waals surface area contributed by atoms with Gasteiger partial charge in [-0.15, -0.1) is 0 Å². The first-order valence-corrected chi connectivity index (χ1v) is 11.8. The Bertz CT molecular complexity index is 918. The molecule has 0 atom stereocenters. The van der Waals surface area contributed by atoms with Crippen molar-refractivity contribution in [3.05, 3.63) is 118 Å². The fraction of sp³-hybridized carbons (Fsp3) is 0. The van der Waals surface area contributed by atoms with Crippen molar-refractivity contribution in [3.63, 3.8) is 0 Å². The summed E-state index contributed by atoms with van der Waals surface area (Å²) in [6.07, 6.45) is 2.35. The zero-order valence-electron chi connectivity index (χ0n) is 13.3. The Morgan fingerprint density at radius 1 is 0.500 bits per heavy atom. The Labute approximate surface area is 154 Å². The van der Waals surface area contributed by atoms with Gasteiger partial charge in [0.05, 0.1) is 0 Å². The molecule has 1 aliphatic heterocycles. The van der Waals surface area contributed by atoms with Crippen molar-refractivity contribution in [1.82, 2.24) is 0 Å². The maximum absolute atomic E-state index is 2.46. The van der Waals surface area contributed by atoms with Gasteiger partial charge in [0.2, 0.25) is 0 Å². The van der Waals surface area contributed by atoms with Crippen molar-refractivity contribution in [3.8, 4) is 0 Å². The Morgan fingerprint density at radius 2 is 1.00 bits per heavy atom. The monoisotopic (exact) mass is 502 g/mol. The third kappa shape index (κ3) is 3.10. The van der Waals surface area contributed by atoms with Crippen LogP contribution in [0, 0.1) is 0 Å². The van der Waals surface area contributed by atoms with Crippen LogP contribution in [-0.4, -0.2) is 26.0 Å². The van der Waals surface area contributed by atoms with Crippen LogP contribution < -0.4 is 0 Å². The second-order valence-electron chi connectivity index (χ2n) is 5.68. The number of rotatable bonds is 3. The molecule has 0 aromatic heterocycles. The van der Waals surface area contributed by atoms with Crippen molar-refractivity contribution >= 4 is 37.1 Å². The molecule has 0 unspecified atom stereocenters. The summed E-state index contributed by atoms with van der Waals surface area (Å²) in [5.74, 6) is 0. The van der Waals surface area contributed by atoms with Gasteiger partial charge in [-0.3, -0.25) is 0 Å². The number of allylic oxidation sites excluding steroid dienone is 3. The van der Waals surface area contributed by atoms with E-state index in [1.807, 2.05) is 0 Å². The van der Waals surface area contributed by atoms with E-state index < -0.39 is 22.8 Å². The van der Waals surface area contributed by atoms with E-state index in [2.05, 4.69) is 101 Å². The average molecular weight is 502 g/mol. The van der Waals surface area contributed by atoms with E-state index in [0.717, 1.165) is 0 Å². The van der Waals surface area contributed by atoms with E-state index in [1.165, 1.54) is 27.8 Å². The van der Waals surface area contributed by atoms with Gasteiger partial charge in [-0.25, -0.2) is 0 Å². The molecule has 0 spiro atoms. The van der Waals surface area contributed by atoms with Crippen molar-refractivity contribution in [1.29, 1.82) is 0 Å². The van der Waals surface area contributed by atoms with E-state index in [4.69, 9.17) is 0 Å². The molecule has 0 radical (unpaired) electrons. The first kappa shape index (κ1) is 15.4. The molecule has 0 fully saturated rings. The molecule has 4 rings (SSSR count). The normalized spacial score (nSPS) is 13.8. The van der Waals surface area contributed by atoms with Gasteiger partial charge >= 0.3 is 155 Å². The zero-order valence-corrected chi connectivity index (χ0v) is 16.7. The molecule has 0 N–H and O–H groups in total. The molecule has 0 bridgehead atoms. The quantitative estimate of drug-likeness (QED) is 0.440. The van der Waals surface area contributed by atoms with Gasteiger partial charge in [-0.2, -0.15) is 0 Å². The Balaban J connectivity index is 1.97. The van der Waals surface area contributed by atoms with E-state index in [9.17, 15) is 0 Å². The summed E-state index contributed by atoms with van der Waals surface area (Å²) in [5, 5.41) is 0. The van der Waals surface area contributed by atoms with Crippen LogP contribution in [0.1, 0.15) is 16.7 Å². The molecule has 0 saturated heterocycles. The first-order valence-electron chi connectivity index (χ1n) is 8.09. The molecule has 24 heavy (non-hydrogen) atoms. The van der Waals surface area contributed by atoms with Gasteiger partial charge < -0.3 is 0 Å². The molecule has 1 heteroatoms. The topological polar surface area (TPSA) is 0 Å². The Morgan fingerprint density at radius 3 is 1.58 bits per heavy atom. The van der Waals surface area contributed by atoms with Crippen LogP contribution >= 0.6 is 0 Å². The summed E-state index contributed by atoms with van der Waals surface area (Å²) in [4.78, 5) is 0. The third-order valence-electron chi connectivity index (χ3n) is 4.15. The summed E-state index contributed by atoms with van der Waals surface area (Å²) in [6.45, 7) is 0. The van der Waals surface area contributed by atoms with Crippen LogP contribution in [0.15, 0.2) is 101 Å². The molecule has 3 aromatic rings. The summed E-state index contributed by atoms with van der Waals surface area (Å²) in [7, 11) is 0. The molecular weight excluding hydrogens is 485 g/mol. The van der Waals surface area contributed by atoms with Crippen molar-refractivity contribution < 1.29 is 0 Å². The van der Waals surface area contributed by atoms with Gasteiger partial charge in [-0.1, -0.05) is 0 Å². The van der Waals surface area contributed by atoms with Crippen molar-refractivity contribution in [2.75, 3.05) is 0 Å². The molecule has 1 aliphatic rings. The van der Waals surface area contributed by atoms with Gasteiger partial charge in [0.1, 0.15) is 0 Å². The van der Waals surface area contributed by atoms with Crippen molar-refractivity contribution in [2.45, 2.75) is 0 Å². The molecule has 3 aromatic carbocycles. The molecule has 0 aliphatic carbocycles. The second kappa shape index (κ2) is 7.20. The average Bonchev–Trinajstić information content (AvgIpc) is 2.69. The van der Waals surface area contributed by atoms with Crippen molar-refractivity contribution in [2.24, 2.45) is 0 Å². The summed E-state index contributed by atoms with van der Waals surface area (Å²) >= 11 is -0.842. The van der Waals surface area contributed by atoms with Crippen LogP contribution in [0.25, 0.3) is 11.1 Å². The first-order chi connectivity index (χ1) is 11.9. The van der Waals surface area contributed by atoms with E-state index in [0.29, 0.717) is 0 Å². The van der Waals surface area contributed by atoms with Crippen LogP contribution in [0.3, 0.4) is 0 Å². The molecule has 1 heterocycles. The second-order valence-corrected chi connectivity index (χ2v) is 9.58. The van der Waals surface area contributed by atoms with Gasteiger partial charge in [0.25, 0.3) is 0 Å². The summed E-state index contributed by atoms with van der Waals surface area (Å²) in [5.41, 5.74) is 6.76. The minimum atomic E-state index is -0.842. The van der Waals surface area contributed by atoms with E-state index in [-0.39, 0.29) is 0 Å².